The Bertz CT molecular complexity index is 788. The summed E-state index contributed by atoms with van der Waals surface area (Å²) in [5.74, 6) is 0.151. The van der Waals surface area contributed by atoms with E-state index in [-0.39, 0.29) is 16.8 Å². The van der Waals surface area contributed by atoms with Gasteiger partial charge in [0, 0.05) is 38.9 Å². The molecule has 0 aliphatic carbocycles. The minimum absolute atomic E-state index is 0.0966. The smallest absolute Gasteiger partial charge is 0.253 e. The number of sulfonamides is 1. The van der Waals surface area contributed by atoms with E-state index in [1.165, 1.54) is 24.5 Å². The molecular weight excluding hydrogens is 364 g/mol. The Morgan fingerprint density at radius 2 is 1.96 bits per heavy atom. The first-order valence-corrected chi connectivity index (χ1v) is 11.1. The van der Waals surface area contributed by atoms with Crippen LogP contribution in [0.3, 0.4) is 0 Å². The molecule has 7 nitrogen and oxygen atoms in total. The second-order valence-electron chi connectivity index (χ2n) is 7.71. The molecular formula is C19H30N4O3S. The summed E-state index contributed by atoms with van der Waals surface area (Å²) in [6.07, 6.45) is 3.05. The molecule has 2 aliphatic rings. The standard InChI is InChI=1S/C19H30N4O3S/c1-14-13-20-9-8-17(14)21-19(24)16-12-15(27(25,26)22(2)3)6-7-18(16)23-10-4-5-11-23/h6-7,12,14,17,20H,4-5,8-11,13H2,1-3H3,(H,21,24). The molecule has 150 valence electrons. The molecule has 1 aromatic carbocycles. The maximum Gasteiger partial charge on any atom is 0.253 e. The van der Waals surface area contributed by atoms with Gasteiger partial charge in [0.1, 0.15) is 0 Å². The minimum Gasteiger partial charge on any atom is -0.371 e. The van der Waals surface area contributed by atoms with E-state index in [2.05, 4.69) is 22.5 Å². The second kappa shape index (κ2) is 8.16. The lowest BCUT2D eigenvalue weighted by Gasteiger charge is -2.31. The van der Waals surface area contributed by atoms with Crippen molar-refractivity contribution < 1.29 is 13.2 Å². The second-order valence-corrected chi connectivity index (χ2v) is 9.86. The summed E-state index contributed by atoms with van der Waals surface area (Å²) >= 11 is 0. The minimum atomic E-state index is -3.59. The highest BCUT2D eigenvalue weighted by molar-refractivity contribution is 7.89. The van der Waals surface area contributed by atoms with Crippen LogP contribution < -0.4 is 15.5 Å². The molecule has 1 aromatic rings. The zero-order valence-electron chi connectivity index (χ0n) is 16.4. The number of piperidine rings is 1. The fraction of sp³-hybridized carbons (Fsp3) is 0.632. The van der Waals surface area contributed by atoms with Gasteiger partial charge in [-0.3, -0.25) is 4.79 Å². The number of hydrogen-bond donors (Lipinski definition) is 2. The van der Waals surface area contributed by atoms with Crippen LogP contribution in [0.5, 0.6) is 0 Å². The lowest BCUT2D eigenvalue weighted by atomic mass is 9.95. The van der Waals surface area contributed by atoms with E-state index in [0.717, 1.165) is 51.1 Å². The number of hydrogen-bond acceptors (Lipinski definition) is 5. The van der Waals surface area contributed by atoms with E-state index in [1.807, 2.05) is 0 Å². The largest absolute Gasteiger partial charge is 0.371 e. The van der Waals surface area contributed by atoms with Gasteiger partial charge in [0.25, 0.3) is 5.91 Å². The highest BCUT2D eigenvalue weighted by Crippen LogP contribution is 2.28. The molecule has 0 spiro atoms. The number of nitrogens with zero attached hydrogens (tertiary/aromatic N) is 2. The fourth-order valence-electron chi connectivity index (χ4n) is 3.78. The molecule has 2 aliphatic heterocycles. The average Bonchev–Trinajstić information content (AvgIpc) is 3.17. The summed E-state index contributed by atoms with van der Waals surface area (Å²) in [5, 5.41) is 6.47. The van der Waals surface area contributed by atoms with Crippen LogP contribution >= 0.6 is 0 Å². The Labute approximate surface area is 162 Å². The van der Waals surface area contributed by atoms with Crippen molar-refractivity contribution in [2.24, 2.45) is 5.92 Å². The van der Waals surface area contributed by atoms with Gasteiger partial charge in [-0.25, -0.2) is 12.7 Å². The maximum atomic E-state index is 13.1. The van der Waals surface area contributed by atoms with Gasteiger partial charge in [-0.2, -0.15) is 0 Å². The van der Waals surface area contributed by atoms with E-state index in [9.17, 15) is 13.2 Å². The third-order valence-corrected chi connectivity index (χ3v) is 7.35. The zero-order valence-corrected chi connectivity index (χ0v) is 17.2. The molecule has 2 fully saturated rings. The SMILES string of the molecule is CC1CNCCC1NC(=O)c1cc(S(=O)(=O)N(C)C)ccc1N1CCCC1. The number of anilines is 1. The van der Waals surface area contributed by atoms with Crippen molar-refractivity contribution >= 4 is 21.6 Å². The monoisotopic (exact) mass is 394 g/mol. The molecule has 0 saturated carbocycles. The first-order chi connectivity index (χ1) is 12.8. The van der Waals surface area contributed by atoms with Crippen molar-refractivity contribution in [1.29, 1.82) is 0 Å². The van der Waals surface area contributed by atoms with Gasteiger partial charge in [0.2, 0.25) is 10.0 Å². The predicted octanol–water partition coefficient (Wildman–Crippen LogP) is 1.26. The fourth-order valence-corrected chi connectivity index (χ4v) is 4.71. The molecule has 2 atom stereocenters. The molecule has 1 amide bonds. The van der Waals surface area contributed by atoms with Crippen molar-refractivity contribution in [3.63, 3.8) is 0 Å². The Kier molecular flexibility index (Phi) is 6.08. The first-order valence-electron chi connectivity index (χ1n) is 9.64. The number of amides is 1. The van der Waals surface area contributed by atoms with Gasteiger partial charge in [0.15, 0.2) is 0 Å². The topological polar surface area (TPSA) is 81.7 Å². The first kappa shape index (κ1) is 20.1. The Balaban J connectivity index is 1.95. The molecule has 2 saturated heterocycles. The molecule has 0 radical (unpaired) electrons. The summed E-state index contributed by atoms with van der Waals surface area (Å²) in [5.41, 5.74) is 1.27. The van der Waals surface area contributed by atoms with Crippen molar-refractivity contribution in [2.45, 2.75) is 37.1 Å². The van der Waals surface area contributed by atoms with Crippen LogP contribution in [0.4, 0.5) is 5.69 Å². The molecule has 27 heavy (non-hydrogen) atoms. The number of carbonyl (C=O) groups excluding carboxylic acids is 1. The van der Waals surface area contributed by atoms with Crippen LogP contribution in [0, 0.1) is 5.92 Å². The maximum absolute atomic E-state index is 13.1. The molecule has 3 rings (SSSR count). The number of benzene rings is 1. The van der Waals surface area contributed by atoms with Gasteiger partial charge in [-0.15, -0.1) is 0 Å². The molecule has 2 unspecified atom stereocenters. The molecule has 0 bridgehead atoms. The van der Waals surface area contributed by atoms with Gasteiger partial charge < -0.3 is 15.5 Å². The lowest BCUT2D eigenvalue weighted by molar-refractivity contribution is 0.0914. The lowest BCUT2D eigenvalue weighted by Crippen LogP contribution is -2.48. The van der Waals surface area contributed by atoms with Crippen LogP contribution in [-0.2, 0) is 10.0 Å². The number of nitrogens with one attached hydrogen (secondary N) is 2. The van der Waals surface area contributed by atoms with Crippen molar-refractivity contribution in [3.8, 4) is 0 Å². The van der Waals surface area contributed by atoms with Gasteiger partial charge in [0.05, 0.1) is 10.5 Å². The van der Waals surface area contributed by atoms with Crippen LogP contribution in [0.2, 0.25) is 0 Å². The predicted molar refractivity (Wildman–Crippen MR) is 107 cm³/mol. The summed E-state index contributed by atoms with van der Waals surface area (Å²) in [6.45, 7) is 5.65. The average molecular weight is 395 g/mol. The Hall–Kier alpha value is -1.64. The van der Waals surface area contributed by atoms with E-state index in [1.54, 1.807) is 12.1 Å². The van der Waals surface area contributed by atoms with Gasteiger partial charge in [-0.05, 0) is 56.5 Å². The summed E-state index contributed by atoms with van der Waals surface area (Å²) in [7, 11) is -0.592. The van der Waals surface area contributed by atoms with Crippen molar-refractivity contribution in [3.05, 3.63) is 23.8 Å². The normalized spacial score (nSPS) is 23.6. The Morgan fingerprint density at radius 1 is 1.26 bits per heavy atom. The summed E-state index contributed by atoms with van der Waals surface area (Å²) in [4.78, 5) is 15.4. The third kappa shape index (κ3) is 4.28. The van der Waals surface area contributed by atoms with Crippen LogP contribution in [0.25, 0.3) is 0 Å². The van der Waals surface area contributed by atoms with Crippen LogP contribution in [0.1, 0.15) is 36.5 Å². The number of carbonyl (C=O) groups is 1. The highest BCUT2D eigenvalue weighted by atomic mass is 32.2. The quantitative estimate of drug-likeness (QED) is 0.786. The van der Waals surface area contributed by atoms with Crippen molar-refractivity contribution in [2.75, 3.05) is 45.2 Å². The molecule has 2 heterocycles. The van der Waals surface area contributed by atoms with Crippen LogP contribution in [0.15, 0.2) is 23.1 Å². The van der Waals surface area contributed by atoms with Gasteiger partial charge in [-0.1, -0.05) is 6.92 Å². The molecule has 2 N–H and O–H groups in total. The number of rotatable bonds is 5. The van der Waals surface area contributed by atoms with Crippen LogP contribution in [-0.4, -0.2) is 64.9 Å². The highest BCUT2D eigenvalue weighted by Gasteiger charge is 2.27. The van der Waals surface area contributed by atoms with E-state index in [0.29, 0.717) is 11.5 Å². The van der Waals surface area contributed by atoms with Gasteiger partial charge >= 0.3 is 0 Å². The third-order valence-electron chi connectivity index (χ3n) is 5.54. The Morgan fingerprint density at radius 3 is 2.59 bits per heavy atom. The summed E-state index contributed by atoms with van der Waals surface area (Å²) in [6, 6.07) is 5.01. The van der Waals surface area contributed by atoms with Crippen molar-refractivity contribution in [1.82, 2.24) is 14.9 Å². The van der Waals surface area contributed by atoms with E-state index in [4.69, 9.17) is 0 Å². The zero-order chi connectivity index (χ0) is 19.6. The summed E-state index contributed by atoms with van der Waals surface area (Å²) < 4.78 is 26.3. The van der Waals surface area contributed by atoms with E-state index >= 15 is 0 Å². The molecule has 8 heteroatoms. The molecule has 0 aromatic heterocycles. The van der Waals surface area contributed by atoms with E-state index < -0.39 is 10.0 Å².